The summed E-state index contributed by atoms with van der Waals surface area (Å²) >= 11 is 0. The summed E-state index contributed by atoms with van der Waals surface area (Å²) in [4.78, 5) is 0. The fourth-order valence-corrected chi connectivity index (χ4v) is 2.67. The number of nitrogens with one attached hydrogen (secondary N) is 2. The molecule has 1 heterocycles. The van der Waals surface area contributed by atoms with E-state index < -0.39 is 12.2 Å². The van der Waals surface area contributed by atoms with E-state index in [-0.39, 0.29) is 29.2 Å². The Morgan fingerprint density at radius 1 is 1.04 bits per heavy atom. The smallest absolute Gasteiger partial charge is 0.0967 e. The van der Waals surface area contributed by atoms with Crippen molar-refractivity contribution in [2.45, 2.75) is 44.2 Å². The van der Waals surface area contributed by atoms with E-state index in [0.29, 0.717) is 0 Å². The van der Waals surface area contributed by atoms with Crippen LogP contribution in [-0.4, -0.2) is 41.0 Å². The monoisotopic (exact) mass is 358 g/mol. The first-order valence-corrected chi connectivity index (χ1v) is 7.88. The van der Waals surface area contributed by atoms with E-state index in [1.807, 2.05) is 49.4 Å². The second-order valence-corrected chi connectivity index (χ2v) is 5.76. The Balaban J connectivity index is 0.000000377. The van der Waals surface area contributed by atoms with Crippen molar-refractivity contribution < 1.29 is 27.3 Å². The summed E-state index contributed by atoms with van der Waals surface area (Å²) in [7, 11) is 0. The summed E-state index contributed by atoms with van der Waals surface area (Å²) in [6.07, 6.45) is -0.468. The first kappa shape index (κ1) is 20.1. The largest absolute Gasteiger partial charge is 0.748 e. The number of hydrogen-bond donors (Lipinski definition) is 4. The number of hydrogen-bond acceptors (Lipinski definition) is 4. The SMILES string of the molecule is C[C@@H]1N[C@@H](CCNC[c-]2cccc2)[C@H](O)[C@@H]1O.[Fe].[cH-]1[cH-][cH-][cH-][cH-]1. The summed E-state index contributed by atoms with van der Waals surface area (Å²) in [6.45, 7) is 3.58. The first-order chi connectivity index (χ1) is 10.7. The minimum Gasteiger partial charge on any atom is -0.748 e. The van der Waals surface area contributed by atoms with Gasteiger partial charge in [0, 0.05) is 29.2 Å². The predicted octanol–water partition coefficient (Wildman–Crippen LogP) is 1.37. The Bertz CT molecular complexity index is 470. The molecule has 1 fully saturated rings. The van der Waals surface area contributed by atoms with E-state index in [0.717, 1.165) is 19.5 Å². The molecule has 4 nitrogen and oxygen atoms in total. The molecule has 134 valence electrons. The van der Waals surface area contributed by atoms with Crippen molar-refractivity contribution in [3.8, 4) is 0 Å². The van der Waals surface area contributed by atoms with Crippen LogP contribution >= 0.6 is 0 Å². The van der Waals surface area contributed by atoms with Gasteiger partial charge in [-0.1, -0.05) is 0 Å². The molecule has 2 aromatic rings. The van der Waals surface area contributed by atoms with Gasteiger partial charge in [-0.2, -0.15) is 12.1 Å². The Hall–Kier alpha value is -0.941. The van der Waals surface area contributed by atoms with Crippen molar-refractivity contribution >= 4 is 0 Å². The molecule has 0 bridgehead atoms. The van der Waals surface area contributed by atoms with Gasteiger partial charge in [0.05, 0.1) is 12.2 Å². The molecule has 4 atom stereocenters. The van der Waals surface area contributed by atoms with Crippen LogP contribution in [-0.2, 0) is 23.6 Å². The van der Waals surface area contributed by atoms with Crippen LogP contribution in [0.3, 0.4) is 0 Å². The average molecular weight is 358 g/mol. The van der Waals surface area contributed by atoms with Gasteiger partial charge in [0.1, 0.15) is 0 Å². The maximum Gasteiger partial charge on any atom is 0.0967 e. The molecule has 0 aromatic heterocycles. The molecule has 23 heavy (non-hydrogen) atoms. The summed E-state index contributed by atoms with van der Waals surface area (Å²) < 4.78 is 0. The van der Waals surface area contributed by atoms with Crippen molar-refractivity contribution in [1.82, 2.24) is 10.6 Å². The van der Waals surface area contributed by atoms with Crippen molar-refractivity contribution in [2.75, 3.05) is 6.54 Å². The Morgan fingerprint density at radius 2 is 1.61 bits per heavy atom. The molecule has 1 saturated heterocycles. The van der Waals surface area contributed by atoms with Crippen molar-refractivity contribution in [3.05, 3.63) is 60.2 Å². The maximum atomic E-state index is 9.77. The minimum atomic E-state index is -0.647. The molecule has 3 rings (SSSR count). The first-order valence-electron chi connectivity index (χ1n) is 7.88. The van der Waals surface area contributed by atoms with Gasteiger partial charge in [0.25, 0.3) is 0 Å². The molecule has 4 N–H and O–H groups in total. The average Bonchev–Trinajstić information content (AvgIpc) is 3.26. The molecule has 0 unspecified atom stereocenters. The van der Waals surface area contributed by atoms with Crippen LogP contribution in [0.15, 0.2) is 54.6 Å². The van der Waals surface area contributed by atoms with Crippen LogP contribution in [0.5, 0.6) is 0 Å². The van der Waals surface area contributed by atoms with Gasteiger partial charge in [-0.25, -0.2) is 12.1 Å². The second kappa shape index (κ2) is 10.8. The maximum absolute atomic E-state index is 9.77. The molecule has 0 amide bonds. The molecule has 0 aliphatic carbocycles. The van der Waals surface area contributed by atoms with Gasteiger partial charge in [-0.3, -0.25) is 0 Å². The molecule has 0 saturated carbocycles. The van der Waals surface area contributed by atoms with Gasteiger partial charge in [0.15, 0.2) is 0 Å². The predicted molar refractivity (Wildman–Crippen MR) is 88.8 cm³/mol. The van der Waals surface area contributed by atoms with Gasteiger partial charge in [-0.05, 0) is 26.4 Å². The fourth-order valence-electron chi connectivity index (χ4n) is 2.67. The standard InChI is InChI=1S/C13H21N2O2.C5H5.Fe/c1-9-12(16)13(17)11(15-9)6-7-14-8-10-4-2-3-5-10;1-2-4-5-3-1;/h2-5,9,11-17H,6-8H2,1H3;1-5H;/q-1;-5;/t9-,11-,12+,13-;;/m0../s1. The Kier molecular flexibility index (Phi) is 9.41. The molecule has 1 aliphatic heterocycles. The summed E-state index contributed by atoms with van der Waals surface area (Å²) in [5.41, 5.74) is 1.28. The van der Waals surface area contributed by atoms with E-state index in [1.165, 1.54) is 5.56 Å². The van der Waals surface area contributed by atoms with Crippen molar-refractivity contribution in [2.24, 2.45) is 0 Å². The van der Waals surface area contributed by atoms with E-state index in [4.69, 9.17) is 0 Å². The number of aliphatic hydroxyl groups excluding tert-OH is 2. The van der Waals surface area contributed by atoms with E-state index in [2.05, 4.69) is 22.8 Å². The second-order valence-electron chi connectivity index (χ2n) is 5.76. The molecule has 0 radical (unpaired) electrons. The van der Waals surface area contributed by atoms with E-state index in [1.54, 1.807) is 0 Å². The zero-order valence-electron chi connectivity index (χ0n) is 13.4. The molecule has 2 aromatic carbocycles. The van der Waals surface area contributed by atoms with E-state index in [9.17, 15) is 10.2 Å². The van der Waals surface area contributed by atoms with E-state index >= 15 is 0 Å². The Morgan fingerprint density at radius 3 is 2.09 bits per heavy atom. The zero-order valence-corrected chi connectivity index (χ0v) is 14.5. The van der Waals surface area contributed by atoms with Gasteiger partial charge < -0.3 is 51.2 Å². The molecular formula is C18H26FeN2O2-6. The summed E-state index contributed by atoms with van der Waals surface area (Å²) in [6, 6.07) is 18.2. The van der Waals surface area contributed by atoms with Crippen molar-refractivity contribution in [3.63, 3.8) is 0 Å². The topological polar surface area (TPSA) is 64.5 Å². The van der Waals surface area contributed by atoms with Gasteiger partial charge in [-0.15, -0.1) is 5.56 Å². The van der Waals surface area contributed by atoms with Crippen LogP contribution in [0.2, 0.25) is 0 Å². The zero-order chi connectivity index (χ0) is 15.8. The Labute approximate surface area is 149 Å². The third-order valence-corrected chi connectivity index (χ3v) is 4.00. The third-order valence-electron chi connectivity index (χ3n) is 4.00. The van der Waals surface area contributed by atoms with Crippen LogP contribution in [0.25, 0.3) is 0 Å². The van der Waals surface area contributed by atoms with Gasteiger partial charge in [0.2, 0.25) is 0 Å². The molecule has 1 aliphatic rings. The fraction of sp³-hybridized carbons (Fsp3) is 0.444. The summed E-state index contributed by atoms with van der Waals surface area (Å²) in [5, 5.41) is 25.9. The summed E-state index contributed by atoms with van der Waals surface area (Å²) in [5.74, 6) is 0. The molecular weight excluding hydrogens is 332 g/mol. The molecule has 5 heteroatoms. The van der Waals surface area contributed by atoms with Crippen LogP contribution < -0.4 is 10.6 Å². The number of rotatable bonds is 5. The van der Waals surface area contributed by atoms with Crippen molar-refractivity contribution in [1.29, 1.82) is 0 Å². The normalized spacial score (nSPS) is 26.2. The van der Waals surface area contributed by atoms with Crippen LogP contribution in [0.1, 0.15) is 18.9 Å². The number of aliphatic hydroxyl groups is 2. The van der Waals surface area contributed by atoms with Crippen LogP contribution in [0.4, 0.5) is 0 Å². The van der Waals surface area contributed by atoms with Gasteiger partial charge >= 0.3 is 0 Å². The third kappa shape index (κ3) is 6.59. The van der Waals surface area contributed by atoms with Crippen LogP contribution in [0, 0.1) is 0 Å². The quantitative estimate of drug-likeness (QED) is 0.370. The molecule has 0 spiro atoms. The minimum absolute atomic E-state index is 0.